The molecule has 1 heterocycles. The molecular formula is C22H14O3. The van der Waals surface area contributed by atoms with Crippen molar-refractivity contribution in [1.82, 2.24) is 0 Å². The summed E-state index contributed by atoms with van der Waals surface area (Å²) >= 11 is 0. The summed E-state index contributed by atoms with van der Waals surface area (Å²) < 4.78 is 5.74. The number of benzene rings is 3. The van der Waals surface area contributed by atoms with Crippen molar-refractivity contribution in [2.45, 2.75) is 0 Å². The van der Waals surface area contributed by atoms with E-state index in [9.17, 15) is 9.59 Å². The van der Waals surface area contributed by atoms with Gasteiger partial charge in [0.25, 0.3) is 0 Å². The van der Waals surface area contributed by atoms with E-state index in [0.717, 1.165) is 45.8 Å². The summed E-state index contributed by atoms with van der Waals surface area (Å²) in [5.74, 6) is 0. The lowest BCUT2D eigenvalue weighted by molar-refractivity contribution is 0.111. The fourth-order valence-electron chi connectivity index (χ4n) is 3.02. The van der Waals surface area contributed by atoms with Crippen LogP contribution in [0.2, 0.25) is 0 Å². The number of carbonyl (C=O) groups excluding carboxylic acids is 2. The van der Waals surface area contributed by atoms with E-state index in [1.807, 2.05) is 36.4 Å². The SMILES string of the molecule is O=Cc1ccc(-c2ccc(-c3ccc(C=O)cc3)c3occc23)cc1. The van der Waals surface area contributed by atoms with Crippen molar-refractivity contribution in [3.63, 3.8) is 0 Å². The van der Waals surface area contributed by atoms with E-state index >= 15 is 0 Å². The van der Waals surface area contributed by atoms with Crippen LogP contribution in [0.1, 0.15) is 20.7 Å². The zero-order valence-electron chi connectivity index (χ0n) is 13.3. The van der Waals surface area contributed by atoms with Crippen molar-refractivity contribution in [3.8, 4) is 22.3 Å². The van der Waals surface area contributed by atoms with Crippen LogP contribution in [-0.2, 0) is 0 Å². The number of aldehydes is 2. The van der Waals surface area contributed by atoms with Gasteiger partial charge >= 0.3 is 0 Å². The van der Waals surface area contributed by atoms with Crippen LogP contribution in [0.3, 0.4) is 0 Å². The molecule has 0 unspecified atom stereocenters. The van der Waals surface area contributed by atoms with E-state index in [2.05, 4.69) is 6.07 Å². The number of fused-ring (bicyclic) bond motifs is 1. The van der Waals surface area contributed by atoms with Gasteiger partial charge in [0.2, 0.25) is 0 Å². The van der Waals surface area contributed by atoms with Gasteiger partial charge in [-0.05, 0) is 28.8 Å². The summed E-state index contributed by atoms with van der Waals surface area (Å²) in [5.41, 5.74) is 6.15. The Morgan fingerprint density at radius 2 is 1.12 bits per heavy atom. The lowest BCUT2D eigenvalue weighted by atomic mass is 9.95. The fraction of sp³-hybridized carbons (Fsp3) is 0. The first-order valence-corrected chi connectivity index (χ1v) is 7.91. The van der Waals surface area contributed by atoms with Gasteiger partial charge in [0.15, 0.2) is 0 Å². The number of furan rings is 1. The molecule has 3 nitrogen and oxygen atoms in total. The minimum Gasteiger partial charge on any atom is -0.464 e. The Hall–Kier alpha value is -3.46. The van der Waals surface area contributed by atoms with Gasteiger partial charge in [0.05, 0.1) is 6.26 Å². The minimum atomic E-state index is 0.645. The quantitative estimate of drug-likeness (QED) is 0.472. The summed E-state index contributed by atoms with van der Waals surface area (Å²) in [6.07, 6.45) is 3.35. The third-order valence-corrected chi connectivity index (χ3v) is 4.33. The highest BCUT2D eigenvalue weighted by Gasteiger charge is 2.12. The molecule has 120 valence electrons. The molecule has 0 aliphatic carbocycles. The van der Waals surface area contributed by atoms with Crippen LogP contribution >= 0.6 is 0 Å². The van der Waals surface area contributed by atoms with Gasteiger partial charge in [-0.1, -0.05) is 54.6 Å². The first kappa shape index (κ1) is 15.1. The molecule has 0 bridgehead atoms. The van der Waals surface area contributed by atoms with Crippen molar-refractivity contribution < 1.29 is 14.0 Å². The van der Waals surface area contributed by atoms with E-state index in [4.69, 9.17) is 4.42 Å². The van der Waals surface area contributed by atoms with Crippen LogP contribution in [0, 0.1) is 0 Å². The van der Waals surface area contributed by atoms with Crippen molar-refractivity contribution >= 4 is 23.5 Å². The molecule has 0 amide bonds. The molecule has 0 spiro atoms. The van der Waals surface area contributed by atoms with Gasteiger partial charge in [-0.15, -0.1) is 0 Å². The number of hydrogen-bond donors (Lipinski definition) is 0. The molecule has 3 aromatic carbocycles. The summed E-state index contributed by atoms with van der Waals surface area (Å²) in [7, 11) is 0. The molecule has 0 aliphatic rings. The smallest absolute Gasteiger partial charge is 0.150 e. The van der Waals surface area contributed by atoms with E-state index in [0.29, 0.717) is 11.1 Å². The standard InChI is InChI=1S/C22H14O3/c23-13-15-1-5-17(6-2-15)19-9-10-20(22-21(19)11-12-25-22)18-7-3-16(14-24)4-8-18/h1-14H. The Kier molecular flexibility index (Phi) is 3.75. The van der Waals surface area contributed by atoms with Crippen molar-refractivity contribution in [2.75, 3.05) is 0 Å². The zero-order valence-corrected chi connectivity index (χ0v) is 13.3. The van der Waals surface area contributed by atoms with E-state index < -0.39 is 0 Å². The molecule has 4 aromatic rings. The lowest BCUT2D eigenvalue weighted by Gasteiger charge is -2.08. The second-order valence-corrected chi connectivity index (χ2v) is 5.80. The van der Waals surface area contributed by atoms with Crippen LogP contribution in [0.15, 0.2) is 77.4 Å². The first-order chi connectivity index (χ1) is 12.3. The van der Waals surface area contributed by atoms with Crippen LogP contribution in [-0.4, -0.2) is 12.6 Å². The minimum absolute atomic E-state index is 0.645. The normalized spacial score (nSPS) is 10.7. The summed E-state index contributed by atoms with van der Waals surface area (Å²) in [5, 5.41) is 1.01. The highest BCUT2D eigenvalue weighted by molar-refractivity contribution is 6.02. The van der Waals surface area contributed by atoms with Crippen molar-refractivity contribution in [2.24, 2.45) is 0 Å². The molecule has 25 heavy (non-hydrogen) atoms. The highest BCUT2D eigenvalue weighted by atomic mass is 16.3. The first-order valence-electron chi connectivity index (χ1n) is 7.91. The van der Waals surface area contributed by atoms with Crippen molar-refractivity contribution in [1.29, 1.82) is 0 Å². The van der Waals surface area contributed by atoms with Gasteiger partial charge in [-0.2, -0.15) is 0 Å². The predicted molar refractivity (Wildman–Crippen MR) is 97.9 cm³/mol. The van der Waals surface area contributed by atoms with E-state index in [1.54, 1.807) is 30.5 Å². The Balaban J connectivity index is 1.85. The maximum atomic E-state index is 10.8. The van der Waals surface area contributed by atoms with Crippen LogP contribution in [0.4, 0.5) is 0 Å². The third kappa shape index (κ3) is 2.66. The van der Waals surface area contributed by atoms with Crippen LogP contribution < -0.4 is 0 Å². The largest absolute Gasteiger partial charge is 0.464 e. The van der Waals surface area contributed by atoms with Gasteiger partial charge in [-0.25, -0.2) is 0 Å². The Labute approximate surface area is 144 Å². The monoisotopic (exact) mass is 326 g/mol. The average molecular weight is 326 g/mol. The summed E-state index contributed by atoms with van der Waals surface area (Å²) in [6, 6.07) is 20.9. The second kappa shape index (κ2) is 6.21. The number of rotatable bonds is 4. The van der Waals surface area contributed by atoms with Crippen molar-refractivity contribution in [3.05, 3.63) is 84.1 Å². The van der Waals surface area contributed by atoms with Gasteiger partial charge in [0.1, 0.15) is 18.2 Å². The number of hydrogen-bond acceptors (Lipinski definition) is 3. The second-order valence-electron chi connectivity index (χ2n) is 5.80. The number of carbonyl (C=O) groups is 2. The Bertz CT molecular complexity index is 969. The molecule has 0 N–H and O–H groups in total. The van der Waals surface area contributed by atoms with Crippen LogP contribution in [0.5, 0.6) is 0 Å². The molecule has 0 aliphatic heterocycles. The molecule has 0 saturated carbocycles. The topological polar surface area (TPSA) is 47.3 Å². The molecule has 0 fully saturated rings. The summed E-state index contributed by atoms with van der Waals surface area (Å²) in [4.78, 5) is 21.7. The lowest BCUT2D eigenvalue weighted by Crippen LogP contribution is -1.85. The fourth-order valence-corrected chi connectivity index (χ4v) is 3.02. The third-order valence-electron chi connectivity index (χ3n) is 4.33. The summed E-state index contributed by atoms with van der Waals surface area (Å²) in [6.45, 7) is 0. The maximum Gasteiger partial charge on any atom is 0.150 e. The molecule has 0 saturated heterocycles. The molecule has 1 aromatic heterocycles. The van der Waals surface area contributed by atoms with Gasteiger partial charge < -0.3 is 4.42 Å². The van der Waals surface area contributed by atoms with Crippen LogP contribution in [0.25, 0.3) is 33.2 Å². The zero-order chi connectivity index (χ0) is 17.2. The molecule has 0 radical (unpaired) electrons. The Morgan fingerprint density at radius 1 is 0.600 bits per heavy atom. The molecular weight excluding hydrogens is 312 g/mol. The van der Waals surface area contributed by atoms with Gasteiger partial charge in [-0.3, -0.25) is 9.59 Å². The predicted octanol–water partition coefficient (Wildman–Crippen LogP) is 5.39. The maximum absolute atomic E-state index is 10.8. The molecule has 3 heteroatoms. The van der Waals surface area contributed by atoms with E-state index in [1.165, 1.54) is 0 Å². The van der Waals surface area contributed by atoms with Gasteiger partial charge in [0, 0.05) is 22.1 Å². The molecule has 4 rings (SSSR count). The molecule has 0 atom stereocenters. The average Bonchev–Trinajstić information content (AvgIpc) is 3.17. The Morgan fingerprint density at radius 3 is 1.68 bits per heavy atom. The van der Waals surface area contributed by atoms with E-state index in [-0.39, 0.29) is 0 Å². The highest BCUT2D eigenvalue weighted by Crippen LogP contribution is 2.36.